The first-order valence-corrected chi connectivity index (χ1v) is 10.6. The Morgan fingerprint density at radius 3 is 2.79 bits per heavy atom. The molecule has 5 rings (SSSR count). The normalized spacial score (nSPS) is 19.6. The van der Waals surface area contributed by atoms with Crippen molar-refractivity contribution in [3.05, 3.63) is 97.7 Å². The summed E-state index contributed by atoms with van der Waals surface area (Å²) >= 11 is 9.88. The molecule has 1 heterocycles. The van der Waals surface area contributed by atoms with Gasteiger partial charge in [-0.15, -0.1) is 0 Å². The lowest BCUT2D eigenvalue weighted by Crippen LogP contribution is -2.20. The zero-order valence-corrected chi connectivity index (χ0v) is 17.6. The van der Waals surface area contributed by atoms with Crippen molar-refractivity contribution in [1.29, 1.82) is 0 Å². The number of benzene rings is 3. The molecule has 1 aliphatic carbocycles. The van der Waals surface area contributed by atoms with Gasteiger partial charge in [-0.25, -0.2) is 4.39 Å². The Hall–Kier alpha value is -2.37. The first-order valence-electron chi connectivity index (χ1n) is 9.45. The minimum atomic E-state index is -0.507. The van der Waals surface area contributed by atoms with Crippen molar-refractivity contribution in [3.63, 3.8) is 0 Å². The SMILES string of the molecule is O=C1NC(c2cc(F)ccc2Cl)c2c(NC3CCc4ccccc43)cc(Br)cc21. The van der Waals surface area contributed by atoms with Gasteiger partial charge in [-0.05, 0) is 54.3 Å². The zero-order valence-electron chi connectivity index (χ0n) is 15.3. The minimum Gasteiger partial charge on any atom is -0.378 e. The molecular weight excluding hydrogens is 455 g/mol. The van der Waals surface area contributed by atoms with Crippen LogP contribution < -0.4 is 10.6 Å². The van der Waals surface area contributed by atoms with Gasteiger partial charge in [0.1, 0.15) is 5.82 Å². The van der Waals surface area contributed by atoms with Gasteiger partial charge in [0.15, 0.2) is 0 Å². The summed E-state index contributed by atoms with van der Waals surface area (Å²) in [7, 11) is 0. The minimum absolute atomic E-state index is 0.156. The van der Waals surface area contributed by atoms with Crippen LogP contribution in [0.4, 0.5) is 10.1 Å². The van der Waals surface area contributed by atoms with Gasteiger partial charge in [0.25, 0.3) is 5.91 Å². The van der Waals surface area contributed by atoms with Gasteiger partial charge in [0.05, 0.1) is 12.1 Å². The number of hydrogen-bond donors (Lipinski definition) is 2. The highest BCUT2D eigenvalue weighted by molar-refractivity contribution is 9.10. The molecule has 29 heavy (non-hydrogen) atoms. The molecule has 0 fully saturated rings. The number of halogens is 3. The van der Waals surface area contributed by atoms with Crippen molar-refractivity contribution in [2.24, 2.45) is 0 Å². The maximum Gasteiger partial charge on any atom is 0.252 e. The van der Waals surface area contributed by atoms with Gasteiger partial charge in [0, 0.05) is 31.9 Å². The third kappa shape index (κ3) is 3.22. The highest BCUT2D eigenvalue weighted by Gasteiger charge is 2.35. The van der Waals surface area contributed by atoms with Gasteiger partial charge in [-0.1, -0.05) is 51.8 Å². The van der Waals surface area contributed by atoms with Crippen molar-refractivity contribution < 1.29 is 9.18 Å². The second-order valence-electron chi connectivity index (χ2n) is 7.42. The number of rotatable bonds is 3. The third-order valence-electron chi connectivity index (χ3n) is 5.69. The fraction of sp³-hybridized carbons (Fsp3) is 0.174. The summed E-state index contributed by atoms with van der Waals surface area (Å²) in [6, 6.07) is 16.1. The van der Waals surface area contributed by atoms with Crippen LogP contribution in [0, 0.1) is 5.82 Å². The van der Waals surface area contributed by atoms with Gasteiger partial charge in [-0.2, -0.15) is 0 Å². The first kappa shape index (κ1) is 18.6. The Morgan fingerprint density at radius 2 is 1.93 bits per heavy atom. The lowest BCUT2D eigenvalue weighted by molar-refractivity contribution is 0.0960. The molecule has 2 aliphatic rings. The molecule has 1 aliphatic heterocycles. The number of amides is 1. The molecule has 2 N–H and O–H groups in total. The number of aryl methyl sites for hydroxylation is 1. The second-order valence-corrected chi connectivity index (χ2v) is 8.74. The average Bonchev–Trinajstić information content (AvgIpc) is 3.25. The molecular formula is C23H17BrClFN2O. The van der Waals surface area contributed by atoms with Crippen LogP contribution in [0.5, 0.6) is 0 Å². The fourth-order valence-corrected chi connectivity index (χ4v) is 5.07. The van der Waals surface area contributed by atoms with Gasteiger partial charge in [0.2, 0.25) is 0 Å². The van der Waals surface area contributed by atoms with Crippen molar-refractivity contribution in [3.8, 4) is 0 Å². The Balaban J connectivity index is 1.61. The van der Waals surface area contributed by atoms with Crippen LogP contribution in [-0.2, 0) is 6.42 Å². The van der Waals surface area contributed by atoms with Crippen molar-refractivity contribution in [2.75, 3.05) is 5.32 Å². The van der Waals surface area contributed by atoms with Gasteiger partial charge < -0.3 is 10.6 Å². The molecule has 3 aromatic rings. The highest BCUT2D eigenvalue weighted by atomic mass is 79.9. The molecule has 0 saturated heterocycles. The van der Waals surface area contributed by atoms with Crippen LogP contribution in [0.3, 0.4) is 0 Å². The monoisotopic (exact) mass is 470 g/mol. The van der Waals surface area contributed by atoms with Crippen LogP contribution in [0.25, 0.3) is 0 Å². The maximum absolute atomic E-state index is 13.9. The number of anilines is 1. The molecule has 0 bridgehead atoms. The number of fused-ring (bicyclic) bond motifs is 2. The van der Waals surface area contributed by atoms with E-state index in [1.54, 1.807) is 6.07 Å². The molecule has 0 radical (unpaired) electrons. The van der Waals surface area contributed by atoms with E-state index >= 15 is 0 Å². The second kappa shape index (κ2) is 7.15. The Kier molecular flexibility index (Phi) is 4.60. The van der Waals surface area contributed by atoms with E-state index in [4.69, 9.17) is 11.6 Å². The van der Waals surface area contributed by atoms with Gasteiger partial charge in [-0.3, -0.25) is 4.79 Å². The molecule has 3 nitrogen and oxygen atoms in total. The molecule has 6 heteroatoms. The van der Waals surface area contributed by atoms with E-state index in [0.29, 0.717) is 16.1 Å². The summed E-state index contributed by atoms with van der Waals surface area (Å²) < 4.78 is 14.7. The molecule has 3 aromatic carbocycles. The lowest BCUT2D eigenvalue weighted by atomic mass is 9.95. The summed E-state index contributed by atoms with van der Waals surface area (Å²) in [5.74, 6) is -0.579. The average molecular weight is 472 g/mol. The van der Waals surface area contributed by atoms with Crippen LogP contribution in [0.1, 0.15) is 51.1 Å². The summed E-state index contributed by atoms with van der Waals surface area (Å²) in [5.41, 5.74) is 5.39. The lowest BCUT2D eigenvalue weighted by Gasteiger charge is -2.22. The summed E-state index contributed by atoms with van der Waals surface area (Å²) in [6.45, 7) is 0. The molecule has 2 atom stereocenters. The van der Waals surface area contributed by atoms with Gasteiger partial charge >= 0.3 is 0 Å². The number of hydrogen-bond acceptors (Lipinski definition) is 2. The van der Waals surface area contributed by atoms with Crippen LogP contribution >= 0.6 is 27.5 Å². The van der Waals surface area contributed by atoms with Crippen molar-refractivity contribution >= 4 is 39.1 Å². The summed E-state index contributed by atoms with van der Waals surface area (Å²) in [4.78, 5) is 12.7. The van der Waals surface area contributed by atoms with Crippen LogP contribution in [-0.4, -0.2) is 5.91 Å². The predicted octanol–water partition coefficient (Wildman–Crippen LogP) is 6.17. The fourth-order valence-electron chi connectivity index (χ4n) is 4.38. The van der Waals surface area contributed by atoms with E-state index in [1.807, 2.05) is 12.1 Å². The molecule has 146 valence electrons. The standard InChI is InChI=1S/C23H17BrClFN2O/c24-13-9-17-21(22(28-23(17)29)16-11-14(26)6-7-18(16)25)20(10-13)27-19-8-5-12-3-1-2-4-15(12)19/h1-4,6-7,9-11,19,22,27H,5,8H2,(H,28,29). The molecule has 0 aromatic heterocycles. The van der Waals surface area contributed by atoms with E-state index < -0.39 is 6.04 Å². The molecule has 2 unspecified atom stereocenters. The van der Waals surface area contributed by atoms with E-state index in [2.05, 4.69) is 44.8 Å². The third-order valence-corrected chi connectivity index (χ3v) is 6.49. The quantitative estimate of drug-likeness (QED) is 0.479. The Morgan fingerprint density at radius 1 is 1.10 bits per heavy atom. The number of carbonyl (C=O) groups is 1. The van der Waals surface area contributed by atoms with E-state index in [0.717, 1.165) is 28.6 Å². The zero-order chi connectivity index (χ0) is 20.1. The summed E-state index contributed by atoms with van der Waals surface area (Å²) in [6.07, 6.45) is 1.99. The first-order chi connectivity index (χ1) is 14.0. The van der Waals surface area contributed by atoms with E-state index in [-0.39, 0.29) is 17.8 Å². The molecule has 1 amide bonds. The van der Waals surface area contributed by atoms with Crippen molar-refractivity contribution in [2.45, 2.75) is 24.9 Å². The summed E-state index contributed by atoms with van der Waals surface area (Å²) in [5, 5.41) is 7.02. The topological polar surface area (TPSA) is 41.1 Å². The Labute approximate surface area is 181 Å². The number of nitrogens with one attached hydrogen (secondary N) is 2. The maximum atomic E-state index is 13.9. The highest BCUT2D eigenvalue weighted by Crippen LogP contribution is 2.43. The van der Waals surface area contributed by atoms with E-state index in [1.165, 1.54) is 29.3 Å². The molecule has 0 saturated carbocycles. The largest absolute Gasteiger partial charge is 0.378 e. The predicted molar refractivity (Wildman–Crippen MR) is 116 cm³/mol. The molecule has 0 spiro atoms. The van der Waals surface area contributed by atoms with Crippen molar-refractivity contribution in [1.82, 2.24) is 5.32 Å². The van der Waals surface area contributed by atoms with Crippen LogP contribution in [0.15, 0.2) is 59.1 Å². The number of carbonyl (C=O) groups excluding carboxylic acids is 1. The van der Waals surface area contributed by atoms with Crippen LogP contribution in [0.2, 0.25) is 5.02 Å². The Bertz CT molecular complexity index is 1150. The van der Waals surface area contributed by atoms with E-state index in [9.17, 15) is 9.18 Å². The smallest absolute Gasteiger partial charge is 0.252 e.